The summed E-state index contributed by atoms with van der Waals surface area (Å²) in [6.07, 6.45) is 3.85. The Kier molecular flexibility index (Phi) is 4.33. The van der Waals surface area contributed by atoms with Crippen LogP contribution in [0.2, 0.25) is 0 Å². The molecule has 0 amide bonds. The first-order valence-electron chi connectivity index (χ1n) is 5.70. The van der Waals surface area contributed by atoms with Crippen molar-refractivity contribution in [1.29, 1.82) is 0 Å². The highest BCUT2D eigenvalue weighted by atomic mass is 16.4. The Morgan fingerprint density at radius 3 is 2.67 bits per heavy atom. The molecule has 1 N–H and O–H groups in total. The fraction of sp³-hybridized carbons (Fsp3) is 0.750. The summed E-state index contributed by atoms with van der Waals surface area (Å²) in [5.41, 5.74) is 0.0624. The lowest BCUT2D eigenvalue weighted by Crippen LogP contribution is -2.14. The first kappa shape index (κ1) is 12.2. The molecule has 0 fully saturated rings. The fourth-order valence-electron chi connectivity index (χ4n) is 1.31. The van der Waals surface area contributed by atoms with Crippen LogP contribution < -0.4 is 5.32 Å². The van der Waals surface area contributed by atoms with Crippen molar-refractivity contribution in [1.82, 2.24) is 10.3 Å². The van der Waals surface area contributed by atoms with Crippen molar-refractivity contribution in [3.05, 3.63) is 17.8 Å². The van der Waals surface area contributed by atoms with Crippen molar-refractivity contribution in [2.45, 2.75) is 46.0 Å². The molecule has 0 spiro atoms. The average molecular weight is 210 g/mol. The smallest absolute Gasteiger partial charge is 0.194 e. The summed E-state index contributed by atoms with van der Waals surface area (Å²) in [4.78, 5) is 4.29. The number of aromatic nitrogens is 1. The van der Waals surface area contributed by atoms with Crippen molar-refractivity contribution in [3.63, 3.8) is 0 Å². The molecule has 0 aliphatic carbocycles. The Balaban J connectivity index is 2.40. The van der Waals surface area contributed by atoms with Crippen molar-refractivity contribution >= 4 is 0 Å². The van der Waals surface area contributed by atoms with E-state index in [4.69, 9.17) is 4.42 Å². The van der Waals surface area contributed by atoms with E-state index < -0.39 is 0 Å². The van der Waals surface area contributed by atoms with E-state index in [9.17, 15) is 0 Å². The standard InChI is InChI=1S/C12H22N2O/c1-5-13-8-6-7-11-14-9-10(15-11)12(2,3)4/h9,13H,5-8H2,1-4H3. The fourth-order valence-corrected chi connectivity index (χ4v) is 1.31. The van der Waals surface area contributed by atoms with Gasteiger partial charge in [0, 0.05) is 11.8 Å². The van der Waals surface area contributed by atoms with Gasteiger partial charge in [-0.1, -0.05) is 27.7 Å². The van der Waals surface area contributed by atoms with Crippen LogP contribution in [0.1, 0.15) is 45.8 Å². The van der Waals surface area contributed by atoms with Crippen LogP contribution in [-0.2, 0) is 11.8 Å². The van der Waals surface area contributed by atoms with Crippen molar-refractivity contribution in [3.8, 4) is 0 Å². The zero-order valence-electron chi connectivity index (χ0n) is 10.3. The summed E-state index contributed by atoms with van der Waals surface area (Å²) in [6.45, 7) is 10.6. The van der Waals surface area contributed by atoms with Crippen molar-refractivity contribution in [2.75, 3.05) is 13.1 Å². The van der Waals surface area contributed by atoms with Gasteiger partial charge < -0.3 is 9.73 Å². The van der Waals surface area contributed by atoms with Crippen LogP contribution in [-0.4, -0.2) is 18.1 Å². The van der Waals surface area contributed by atoms with E-state index in [0.717, 1.165) is 37.6 Å². The Morgan fingerprint density at radius 1 is 1.40 bits per heavy atom. The second-order valence-electron chi connectivity index (χ2n) is 4.83. The van der Waals surface area contributed by atoms with Crippen molar-refractivity contribution < 1.29 is 4.42 Å². The molecule has 0 bridgehead atoms. The van der Waals surface area contributed by atoms with E-state index in [2.05, 4.69) is 38.0 Å². The van der Waals surface area contributed by atoms with E-state index >= 15 is 0 Å². The number of hydrogen-bond acceptors (Lipinski definition) is 3. The molecule has 0 aromatic carbocycles. The molecule has 1 heterocycles. The number of aryl methyl sites for hydroxylation is 1. The van der Waals surface area contributed by atoms with E-state index in [1.165, 1.54) is 0 Å². The Labute approximate surface area is 92.3 Å². The van der Waals surface area contributed by atoms with Crippen LogP contribution >= 0.6 is 0 Å². The Bertz CT molecular complexity index is 286. The van der Waals surface area contributed by atoms with E-state index in [1.54, 1.807) is 0 Å². The predicted molar refractivity (Wildman–Crippen MR) is 62.1 cm³/mol. The molecule has 86 valence electrons. The molecule has 15 heavy (non-hydrogen) atoms. The quantitative estimate of drug-likeness (QED) is 0.759. The predicted octanol–water partition coefficient (Wildman–Crippen LogP) is 2.51. The lowest BCUT2D eigenvalue weighted by molar-refractivity contribution is 0.379. The molecular formula is C12H22N2O. The van der Waals surface area contributed by atoms with Gasteiger partial charge in [-0.2, -0.15) is 0 Å². The van der Waals surface area contributed by atoms with Gasteiger partial charge in [0.15, 0.2) is 5.89 Å². The number of oxazole rings is 1. The van der Waals surface area contributed by atoms with Gasteiger partial charge in [-0.3, -0.25) is 0 Å². The minimum atomic E-state index is 0.0624. The summed E-state index contributed by atoms with van der Waals surface area (Å²) in [6, 6.07) is 0. The second kappa shape index (κ2) is 5.31. The average Bonchev–Trinajstić information content (AvgIpc) is 2.60. The second-order valence-corrected chi connectivity index (χ2v) is 4.83. The molecule has 0 saturated heterocycles. The largest absolute Gasteiger partial charge is 0.445 e. The van der Waals surface area contributed by atoms with Crippen LogP contribution in [0.25, 0.3) is 0 Å². The number of nitrogens with one attached hydrogen (secondary N) is 1. The number of nitrogens with zero attached hydrogens (tertiary/aromatic N) is 1. The van der Waals surface area contributed by atoms with Crippen LogP contribution in [0.5, 0.6) is 0 Å². The lowest BCUT2D eigenvalue weighted by Gasteiger charge is -2.13. The minimum Gasteiger partial charge on any atom is -0.445 e. The maximum absolute atomic E-state index is 5.69. The molecule has 1 aromatic heterocycles. The van der Waals surface area contributed by atoms with Crippen molar-refractivity contribution in [2.24, 2.45) is 0 Å². The first-order chi connectivity index (χ1) is 7.04. The first-order valence-corrected chi connectivity index (χ1v) is 5.70. The summed E-state index contributed by atoms with van der Waals surface area (Å²) >= 11 is 0. The molecule has 1 rings (SSSR count). The lowest BCUT2D eigenvalue weighted by atomic mass is 9.94. The Hall–Kier alpha value is -0.830. The van der Waals surface area contributed by atoms with Crippen LogP contribution in [0.4, 0.5) is 0 Å². The zero-order valence-corrected chi connectivity index (χ0v) is 10.3. The van der Waals surface area contributed by atoms with Gasteiger partial charge >= 0.3 is 0 Å². The molecular weight excluding hydrogens is 188 g/mol. The van der Waals surface area contributed by atoms with Gasteiger partial charge in [-0.15, -0.1) is 0 Å². The van der Waals surface area contributed by atoms with Gasteiger partial charge in [0.2, 0.25) is 0 Å². The highest BCUT2D eigenvalue weighted by molar-refractivity contribution is 5.05. The highest BCUT2D eigenvalue weighted by Gasteiger charge is 2.18. The zero-order chi connectivity index (χ0) is 11.3. The molecule has 0 aliphatic rings. The van der Waals surface area contributed by atoms with Gasteiger partial charge in [0.1, 0.15) is 5.76 Å². The van der Waals surface area contributed by atoms with E-state index in [0.29, 0.717) is 0 Å². The highest BCUT2D eigenvalue weighted by Crippen LogP contribution is 2.22. The molecule has 1 aromatic rings. The third-order valence-corrected chi connectivity index (χ3v) is 2.29. The van der Waals surface area contributed by atoms with Gasteiger partial charge in [0.25, 0.3) is 0 Å². The van der Waals surface area contributed by atoms with Gasteiger partial charge in [0.05, 0.1) is 6.20 Å². The molecule has 0 radical (unpaired) electrons. The summed E-state index contributed by atoms with van der Waals surface area (Å²) in [5.74, 6) is 1.83. The monoisotopic (exact) mass is 210 g/mol. The normalized spacial score (nSPS) is 12.0. The number of hydrogen-bond donors (Lipinski definition) is 1. The molecule has 0 unspecified atom stereocenters. The summed E-state index contributed by atoms with van der Waals surface area (Å²) < 4.78 is 5.69. The molecule has 0 atom stereocenters. The molecule has 0 saturated carbocycles. The van der Waals surface area contributed by atoms with Gasteiger partial charge in [-0.05, 0) is 19.5 Å². The van der Waals surface area contributed by atoms with E-state index in [-0.39, 0.29) is 5.41 Å². The maximum atomic E-state index is 5.69. The SMILES string of the molecule is CCNCCCc1ncc(C(C)(C)C)o1. The summed E-state index contributed by atoms with van der Waals surface area (Å²) in [7, 11) is 0. The topological polar surface area (TPSA) is 38.1 Å². The summed E-state index contributed by atoms with van der Waals surface area (Å²) in [5, 5.41) is 3.29. The van der Waals surface area contributed by atoms with Crippen LogP contribution in [0.3, 0.4) is 0 Å². The third-order valence-electron chi connectivity index (χ3n) is 2.29. The third kappa shape index (κ3) is 4.04. The molecule has 3 nitrogen and oxygen atoms in total. The van der Waals surface area contributed by atoms with Crippen LogP contribution in [0, 0.1) is 0 Å². The van der Waals surface area contributed by atoms with Crippen LogP contribution in [0.15, 0.2) is 10.6 Å². The molecule has 3 heteroatoms. The van der Waals surface area contributed by atoms with Gasteiger partial charge in [-0.25, -0.2) is 4.98 Å². The molecule has 0 aliphatic heterocycles. The maximum Gasteiger partial charge on any atom is 0.194 e. The Morgan fingerprint density at radius 2 is 2.13 bits per heavy atom. The minimum absolute atomic E-state index is 0.0624. The van der Waals surface area contributed by atoms with E-state index in [1.807, 2.05) is 6.20 Å². The number of rotatable bonds is 5.